The van der Waals surface area contributed by atoms with Crippen molar-refractivity contribution in [2.24, 2.45) is 0 Å². The number of aliphatic hydroxyl groups is 1. The fourth-order valence-corrected chi connectivity index (χ4v) is 1.98. The van der Waals surface area contributed by atoms with Gasteiger partial charge in [-0.2, -0.15) is 13.2 Å². The molecule has 0 saturated carbocycles. The second-order valence-electron chi connectivity index (χ2n) is 4.16. The molecule has 2 nitrogen and oxygen atoms in total. The second-order valence-corrected chi connectivity index (χ2v) is 4.16. The molecular weight excluding hydrogens is 231 g/mol. The van der Waals surface area contributed by atoms with Crippen LogP contribution in [0.3, 0.4) is 0 Å². The molecule has 0 aliphatic heterocycles. The molecule has 2 rings (SSSR count). The average Bonchev–Trinajstić information content (AvgIpc) is 2.51. The van der Waals surface area contributed by atoms with Gasteiger partial charge in [0.05, 0.1) is 0 Å². The number of halogens is 3. The SMILES string of the molecule is Cc1ccc2[nH]c(C)c([C@@H](O)C(F)(F)F)c2c1. The largest absolute Gasteiger partial charge is 0.418 e. The number of aryl methyl sites for hydroxylation is 2. The van der Waals surface area contributed by atoms with Crippen LogP contribution in [0.4, 0.5) is 13.2 Å². The van der Waals surface area contributed by atoms with Gasteiger partial charge >= 0.3 is 6.18 Å². The zero-order valence-electron chi connectivity index (χ0n) is 9.39. The Morgan fingerprint density at radius 3 is 2.47 bits per heavy atom. The third kappa shape index (κ3) is 2.02. The van der Waals surface area contributed by atoms with Crippen molar-refractivity contribution in [2.45, 2.75) is 26.1 Å². The average molecular weight is 243 g/mol. The lowest BCUT2D eigenvalue weighted by Crippen LogP contribution is -2.20. The minimum atomic E-state index is -4.65. The Labute approximate surface area is 96.1 Å². The van der Waals surface area contributed by atoms with Gasteiger partial charge in [0.1, 0.15) is 0 Å². The van der Waals surface area contributed by atoms with Gasteiger partial charge in [0.2, 0.25) is 0 Å². The number of aliphatic hydroxyl groups excluding tert-OH is 1. The third-order valence-electron chi connectivity index (χ3n) is 2.77. The van der Waals surface area contributed by atoms with Gasteiger partial charge in [-0.15, -0.1) is 0 Å². The van der Waals surface area contributed by atoms with E-state index in [9.17, 15) is 18.3 Å². The first-order valence-corrected chi connectivity index (χ1v) is 5.14. The van der Waals surface area contributed by atoms with E-state index in [0.29, 0.717) is 16.6 Å². The summed E-state index contributed by atoms with van der Waals surface area (Å²) < 4.78 is 37.7. The van der Waals surface area contributed by atoms with Crippen LogP contribution >= 0.6 is 0 Å². The highest BCUT2D eigenvalue weighted by molar-refractivity contribution is 5.85. The van der Waals surface area contributed by atoms with Gasteiger partial charge in [-0.3, -0.25) is 0 Å². The van der Waals surface area contributed by atoms with E-state index >= 15 is 0 Å². The van der Waals surface area contributed by atoms with Crippen LogP contribution in [0.5, 0.6) is 0 Å². The molecule has 2 aromatic rings. The molecule has 0 fully saturated rings. The van der Waals surface area contributed by atoms with Crippen LogP contribution in [0.2, 0.25) is 0 Å². The molecule has 0 saturated heterocycles. The molecule has 0 aliphatic rings. The molecule has 0 radical (unpaired) electrons. The fraction of sp³-hybridized carbons (Fsp3) is 0.333. The smallest absolute Gasteiger partial charge is 0.379 e. The molecule has 1 atom stereocenters. The third-order valence-corrected chi connectivity index (χ3v) is 2.77. The van der Waals surface area contributed by atoms with Crippen molar-refractivity contribution in [3.63, 3.8) is 0 Å². The number of aromatic amines is 1. The summed E-state index contributed by atoms with van der Waals surface area (Å²) in [5, 5.41) is 9.79. The van der Waals surface area contributed by atoms with E-state index in [1.165, 1.54) is 6.92 Å². The Balaban J connectivity index is 2.68. The summed E-state index contributed by atoms with van der Waals surface area (Å²) in [4.78, 5) is 2.85. The van der Waals surface area contributed by atoms with Crippen molar-refractivity contribution in [3.8, 4) is 0 Å². The molecule has 1 heterocycles. The molecule has 1 aromatic heterocycles. The normalized spacial score (nSPS) is 14.2. The number of alkyl halides is 3. The number of hydrogen-bond donors (Lipinski definition) is 2. The molecule has 92 valence electrons. The highest BCUT2D eigenvalue weighted by Crippen LogP contribution is 2.38. The number of rotatable bonds is 1. The second kappa shape index (κ2) is 3.77. The number of fused-ring (bicyclic) bond motifs is 1. The van der Waals surface area contributed by atoms with Gasteiger partial charge < -0.3 is 10.1 Å². The van der Waals surface area contributed by atoms with Crippen LogP contribution in [-0.2, 0) is 0 Å². The summed E-state index contributed by atoms with van der Waals surface area (Å²) in [7, 11) is 0. The van der Waals surface area contributed by atoms with Crippen molar-refractivity contribution in [1.29, 1.82) is 0 Å². The van der Waals surface area contributed by atoms with E-state index < -0.39 is 12.3 Å². The standard InChI is InChI=1S/C12H12F3NO/c1-6-3-4-9-8(5-6)10(7(2)16-9)11(17)12(13,14)15/h3-5,11,16-17H,1-2H3/t11-/m1/s1. The zero-order valence-corrected chi connectivity index (χ0v) is 9.39. The Hall–Kier alpha value is -1.49. The van der Waals surface area contributed by atoms with Crippen LogP contribution in [-0.4, -0.2) is 16.3 Å². The first-order chi connectivity index (χ1) is 7.80. The number of aromatic nitrogens is 1. The van der Waals surface area contributed by atoms with Crippen molar-refractivity contribution in [3.05, 3.63) is 35.0 Å². The van der Waals surface area contributed by atoms with Crippen LogP contribution < -0.4 is 0 Å². The van der Waals surface area contributed by atoms with Crippen molar-refractivity contribution in [1.82, 2.24) is 4.98 Å². The molecule has 0 spiro atoms. The molecule has 0 amide bonds. The van der Waals surface area contributed by atoms with Gasteiger partial charge in [-0.1, -0.05) is 11.6 Å². The monoisotopic (exact) mass is 243 g/mol. The van der Waals surface area contributed by atoms with Crippen molar-refractivity contribution < 1.29 is 18.3 Å². The first kappa shape index (κ1) is 12.0. The van der Waals surface area contributed by atoms with Crippen LogP contribution in [0.25, 0.3) is 10.9 Å². The van der Waals surface area contributed by atoms with Gasteiger partial charge in [-0.05, 0) is 26.0 Å². The maximum absolute atomic E-state index is 12.6. The number of benzene rings is 1. The predicted octanol–water partition coefficient (Wildman–Crippen LogP) is 3.38. The Bertz CT molecular complexity index is 557. The zero-order chi connectivity index (χ0) is 12.8. The number of nitrogens with one attached hydrogen (secondary N) is 1. The van der Waals surface area contributed by atoms with Crippen molar-refractivity contribution in [2.75, 3.05) is 0 Å². The maximum Gasteiger partial charge on any atom is 0.418 e. The summed E-state index contributed by atoms with van der Waals surface area (Å²) >= 11 is 0. The molecular formula is C12H12F3NO. The predicted molar refractivity (Wildman–Crippen MR) is 58.8 cm³/mol. The van der Waals surface area contributed by atoms with E-state index in [1.807, 2.05) is 6.07 Å². The lowest BCUT2D eigenvalue weighted by Gasteiger charge is -2.15. The summed E-state index contributed by atoms with van der Waals surface area (Å²) in [5.74, 6) is 0. The minimum absolute atomic E-state index is 0.0869. The van der Waals surface area contributed by atoms with E-state index in [1.54, 1.807) is 19.1 Å². The van der Waals surface area contributed by atoms with Crippen LogP contribution in [0.1, 0.15) is 22.9 Å². The van der Waals surface area contributed by atoms with E-state index in [4.69, 9.17) is 0 Å². The summed E-state index contributed by atoms with van der Waals surface area (Å²) in [6.45, 7) is 3.32. The van der Waals surface area contributed by atoms with Crippen LogP contribution in [0, 0.1) is 13.8 Å². The molecule has 5 heteroatoms. The molecule has 0 aliphatic carbocycles. The molecule has 17 heavy (non-hydrogen) atoms. The molecule has 0 bridgehead atoms. The number of hydrogen-bond acceptors (Lipinski definition) is 1. The first-order valence-electron chi connectivity index (χ1n) is 5.14. The topological polar surface area (TPSA) is 36.0 Å². The Morgan fingerprint density at radius 2 is 1.88 bits per heavy atom. The summed E-state index contributed by atoms with van der Waals surface area (Å²) in [5.41, 5.74) is 1.71. The van der Waals surface area contributed by atoms with E-state index in [2.05, 4.69) is 4.98 Å². The summed E-state index contributed by atoms with van der Waals surface area (Å²) in [6.07, 6.45) is -7.10. The highest BCUT2D eigenvalue weighted by atomic mass is 19.4. The lowest BCUT2D eigenvalue weighted by atomic mass is 10.0. The lowest BCUT2D eigenvalue weighted by molar-refractivity contribution is -0.206. The number of H-pyrrole nitrogens is 1. The van der Waals surface area contributed by atoms with Crippen molar-refractivity contribution >= 4 is 10.9 Å². The van der Waals surface area contributed by atoms with E-state index in [-0.39, 0.29) is 5.56 Å². The molecule has 0 unspecified atom stereocenters. The minimum Gasteiger partial charge on any atom is -0.379 e. The van der Waals surface area contributed by atoms with E-state index in [0.717, 1.165) is 5.56 Å². The summed E-state index contributed by atoms with van der Waals surface area (Å²) in [6, 6.07) is 5.16. The van der Waals surface area contributed by atoms with Gasteiger partial charge in [-0.25, -0.2) is 0 Å². The highest BCUT2D eigenvalue weighted by Gasteiger charge is 2.41. The van der Waals surface area contributed by atoms with Gasteiger partial charge in [0.25, 0.3) is 0 Å². The van der Waals surface area contributed by atoms with Gasteiger partial charge in [0.15, 0.2) is 6.10 Å². The van der Waals surface area contributed by atoms with Gasteiger partial charge in [0, 0.05) is 22.2 Å². The maximum atomic E-state index is 12.6. The molecule has 2 N–H and O–H groups in total. The Kier molecular flexibility index (Phi) is 2.66. The van der Waals surface area contributed by atoms with Crippen LogP contribution in [0.15, 0.2) is 18.2 Å². The quantitative estimate of drug-likeness (QED) is 0.791. The molecule has 1 aromatic carbocycles. The Morgan fingerprint density at radius 1 is 1.24 bits per heavy atom. The fourth-order valence-electron chi connectivity index (χ4n) is 1.98.